The van der Waals surface area contributed by atoms with Gasteiger partial charge >= 0.3 is 6.03 Å². The third kappa shape index (κ3) is 4.39. The summed E-state index contributed by atoms with van der Waals surface area (Å²) in [6.45, 7) is 5.54. The van der Waals surface area contributed by atoms with E-state index in [0.717, 1.165) is 32.8 Å². The molecule has 1 atom stereocenters. The third-order valence-corrected chi connectivity index (χ3v) is 4.91. The van der Waals surface area contributed by atoms with Gasteiger partial charge in [0.05, 0.1) is 0 Å². The number of carbonyl (C=O) groups is 3. The minimum atomic E-state index is -0.594. The Balaban J connectivity index is 1.60. The summed E-state index contributed by atoms with van der Waals surface area (Å²) in [5.74, 6) is -0.740. The lowest BCUT2D eigenvalue weighted by Crippen LogP contribution is -2.38. The Morgan fingerprint density at radius 1 is 1.07 bits per heavy atom. The van der Waals surface area contributed by atoms with Crippen molar-refractivity contribution in [2.24, 2.45) is 0 Å². The monoisotopic (exact) mass is 379 g/mol. The minimum absolute atomic E-state index is 0.292. The molecule has 0 unspecified atom stereocenters. The van der Waals surface area contributed by atoms with Crippen LogP contribution in [0.25, 0.3) is 0 Å². The smallest absolute Gasteiger partial charge is 0.325 e. The van der Waals surface area contributed by atoms with Crippen molar-refractivity contribution in [3.8, 4) is 0 Å². The van der Waals surface area contributed by atoms with Crippen LogP contribution >= 0.6 is 0 Å². The van der Waals surface area contributed by atoms with Gasteiger partial charge in [-0.15, -0.1) is 0 Å². The molecule has 0 spiro atoms. The highest BCUT2D eigenvalue weighted by molar-refractivity contribution is 6.08. The summed E-state index contributed by atoms with van der Waals surface area (Å²) in [5.41, 5.74) is 4.84. The van der Waals surface area contributed by atoms with Crippen molar-refractivity contribution in [2.75, 3.05) is 11.9 Å². The molecular weight excluding hydrogens is 354 g/mol. The number of urea groups is 1. The number of nitrogens with zero attached hydrogens (tertiary/aromatic N) is 1. The lowest BCUT2D eigenvalue weighted by atomic mass is 10.0. The number of hydrogen-bond donors (Lipinski definition) is 2. The minimum Gasteiger partial charge on any atom is -0.326 e. The van der Waals surface area contributed by atoms with Crippen LogP contribution in [0.2, 0.25) is 0 Å². The van der Waals surface area contributed by atoms with Gasteiger partial charge in [0.2, 0.25) is 5.91 Å². The zero-order valence-corrected chi connectivity index (χ0v) is 16.4. The molecule has 1 heterocycles. The van der Waals surface area contributed by atoms with Crippen LogP contribution in [-0.2, 0) is 16.0 Å². The molecule has 0 saturated carbocycles. The van der Waals surface area contributed by atoms with Crippen molar-refractivity contribution < 1.29 is 14.4 Å². The number of imide groups is 1. The molecule has 0 aromatic heterocycles. The molecule has 2 aromatic carbocycles. The average Bonchev–Trinajstić information content (AvgIpc) is 2.91. The van der Waals surface area contributed by atoms with E-state index < -0.39 is 12.1 Å². The van der Waals surface area contributed by atoms with E-state index in [1.165, 1.54) is 0 Å². The van der Waals surface area contributed by atoms with Crippen molar-refractivity contribution in [2.45, 2.75) is 39.7 Å². The fraction of sp³-hybridized carbons (Fsp3) is 0.318. The van der Waals surface area contributed by atoms with Crippen molar-refractivity contribution in [1.29, 1.82) is 0 Å². The molecule has 6 heteroatoms. The molecule has 0 aliphatic carbocycles. The zero-order valence-electron chi connectivity index (χ0n) is 16.4. The molecule has 0 radical (unpaired) electrons. The number of rotatable bonds is 6. The second-order valence-electron chi connectivity index (χ2n) is 7.27. The summed E-state index contributed by atoms with van der Waals surface area (Å²) in [6, 6.07) is 12.6. The molecular formula is C22H25N3O3. The van der Waals surface area contributed by atoms with E-state index in [2.05, 4.69) is 10.6 Å². The third-order valence-electron chi connectivity index (χ3n) is 4.91. The summed E-state index contributed by atoms with van der Waals surface area (Å²) >= 11 is 0. The molecule has 1 aliphatic rings. The molecule has 2 aromatic rings. The maximum Gasteiger partial charge on any atom is 0.325 e. The van der Waals surface area contributed by atoms with Crippen molar-refractivity contribution in [3.05, 3.63) is 64.7 Å². The van der Waals surface area contributed by atoms with Gasteiger partial charge in [0.1, 0.15) is 12.6 Å². The lowest BCUT2D eigenvalue weighted by Gasteiger charge is -2.16. The van der Waals surface area contributed by atoms with Crippen LogP contribution < -0.4 is 10.6 Å². The maximum absolute atomic E-state index is 12.6. The van der Waals surface area contributed by atoms with Crippen LogP contribution in [0.5, 0.6) is 0 Å². The first kappa shape index (κ1) is 19.6. The van der Waals surface area contributed by atoms with E-state index >= 15 is 0 Å². The Morgan fingerprint density at radius 3 is 2.36 bits per heavy atom. The summed E-state index contributed by atoms with van der Waals surface area (Å²) in [5, 5.41) is 5.51. The Kier molecular flexibility index (Phi) is 5.78. The topological polar surface area (TPSA) is 78.5 Å². The Labute approximate surface area is 164 Å². The predicted octanol–water partition coefficient (Wildman–Crippen LogP) is 3.10. The number of carbonyl (C=O) groups excluding carboxylic acids is 3. The van der Waals surface area contributed by atoms with Crippen molar-refractivity contribution >= 4 is 23.5 Å². The van der Waals surface area contributed by atoms with Gasteiger partial charge < -0.3 is 10.6 Å². The highest BCUT2D eigenvalue weighted by Gasteiger charge is 2.38. The van der Waals surface area contributed by atoms with Gasteiger partial charge in [0, 0.05) is 5.69 Å². The summed E-state index contributed by atoms with van der Waals surface area (Å²) in [4.78, 5) is 38.2. The molecule has 2 N–H and O–H groups in total. The summed E-state index contributed by atoms with van der Waals surface area (Å²) < 4.78 is 0. The number of amides is 4. The molecule has 1 saturated heterocycles. The van der Waals surface area contributed by atoms with Gasteiger partial charge in [-0.1, -0.05) is 48.0 Å². The Morgan fingerprint density at radius 2 is 1.71 bits per heavy atom. The van der Waals surface area contributed by atoms with E-state index in [4.69, 9.17) is 0 Å². The first-order valence-corrected chi connectivity index (χ1v) is 9.38. The predicted molar refractivity (Wildman–Crippen MR) is 108 cm³/mol. The molecule has 6 nitrogen and oxygen atoms in total. The van der Waals surface area contributed by atoms with E-state index in [0.29, 0.717) is 12.8 Å². The standard InChI is InChI=1S/C22H25N3O3/c1-14-11-15(2)20(16(3)12-14)24-19(26)13-25-21(27)18(23-22(25)28)10-9-17-7-5-4-6-8-17/h4-8,11-12,18H,9-10,13H2,1-3H3,(H,23,28)(H,24,26)/t18-/m1/s1. The number of benzene rings is 2. The number of aryl methyl sites for hydroxylation is 4. The maximum atomic E-state index is 12.6. The van der Waals surface area contributed by atoms with E-state index in [1.807, 2.05) is 63.2 Å². The van der Waals surface area contributed by atoms with Crippen LogP contribution in [0, 0.1) is 20.8 Å². The molecule has 1 fully saturated rings. The number of hydrogen-bond acceptors (Lipinski definition) is 3. The molecule has 4 amide bonds. The second-order valence-corrected chi connectivity index (χ2v) is 7.27. The second kappa shape index (κ2) is 8.25. The van der Waals surface area contributed by atoms with Crippen molar-refractivity contribution in [1.82, 2.24) is 10.2 Å². The van der Waals surface area contributed by atoms with Gasteiger partial charge in [-0.3, -0.25) is 14.5 Å². The average molecular weight is 379 g/mol. The van der Waals surface area contributed by atoms with Crippen molar-refractivity contribution in [3.63, 3.8) is 0 Å². The molecule has 1 aliphatic heterocycles. The normalized spacial score (nSPS) is 16.2. The van der Waals surface area contributed by atoms with E-state index in [9.17, 15) is 14.4 Å². The van der Waals surface area contributed by atoms with Crippen LogP contribution in [0.15, 0.2) is 42.5 Å². The number of anilines is 1. The SMILES string of the molecule is Cc1cc(C)c(NC(=O)CN2C(=O)N[C@H](CCc3ccccc3)C2=O)c(C)c1. The van der Waals surface area contributed by atoms with Crippen LogP contribution in [0.4, 0.5) is 10.5 Å². The fourth-order valence-electron chi connectivity index (χ4n) is 3.58. The quantitative estimate of drug-likeness (QED) is 0.757. The molecule has 3 rings (SSSR count). The van der Waals surface area contributed by atoms with Crippen LogP contribution in [0.3, 0.4) is 0 Å². The fourth-order valence-corrected chi connectivity index (χ4v) is 3.58. The number of nitrogens with one attached hydrogen (secondary N) is 2. The van der Waals surface area contributed by atoms with Gasteiger partial charge in [-0.05, 0) is 50.3 Å². The van der Waals surface area contributed by atoms with Crippen LogP contribution in [-0.4, -0.2) is 35.3 Å². The van der Waals surface area contributed by atoms with E-state index in [-0.39, 0.29) is 18.4 Å². The Hall–Kier alpha value is -3.15. The Bertz CT molecular complexity index is 885. The van der Waals surface area contributed by atoms with E-state index in [1.54, 1.807) is 0 Å². The van der Waals surface area contributed by atoms with Gasteiger partial charge in [0.15, 0.2) is 0 Å². The molecule has 0 bridgehead atoms. The lowest BCUT2D eigenvalue weighted by molar-refractivity contribution is -0.130. The highest BCUT2D eigenvalue weighted by atomic mass is 16.2. The van der Waals surface area contributed by atoms with Crippen LogP contribution in [0.1, 0.15) is 28.7 Å². The van der Waals surface area contributed by atoms with Gasteiger partial charge in [-0.2, -0.15) is 0 Å². The zero-order chi connectivity index (χ0) is 20.3. The highest BCUT2D eigenvalue weighted by Crippen LogP contribution is 2.22. The summed E-state index contributed by atoms with van der Waals surface area (Å²) in [7, 11) is 0. The first-order valence-electron chi connectivity index (χ1n) is 9.38. The molecule has 146 valence electrons. The first-order chi connectivity index (χ1) is 13.3. The molecule has 28 heavy (non-hydrogen) atoms. The van der Waals surface area contributed by atoms with Gasteiger partial charge in [-0.25, -0.2) is 4.79 Å². The summed E-state index contributed by atoms with van der Waals surface area (Å²) in [6.07, 6.45) is 1.18. The largest absolute Gasteiger partial charge is 0.326 e. The van der Waals surface area contributed by atoms with Gasteiger partial charge in [0.25, 0.3) is 5.91 Å².